The van der Waals surface area contributed by atoms with Gasteiger partial charge in [-0.25, -0.2) is 0 Å². The quantitative estimate of drug-likeness (QED) is 0.488. The van der Waals surface area contributed by atoms with Gasteiger partial charge in [-0.05, 0) is 36.1 Å². The van der Waals surface area contributed by atoms with Crippen LogP contribution in [0, 0.1) is 0 Å². The second-order valence-electron chi connectivity index (χ2n) is 7.47. The monoisotopic (exact) mass is 465 g/mol. The van der Waals surface area contributed by atoms with Gasteiger partial charge in [0, 0.05) is 16.6 Å². The van der Waals surface area contributed by atoms with Crippen LogP contribution in [-0.4, -0.2) is 28.6 Å². The van der Waals surface area contributed by atoms with Gasteiger partial charge in [0.15, 0.2) is 0 Å². The first-order valence-corrected chi connectivity index (χ1v) is 10.9. The van der Waals surface area contributed by atoms with Crippen LogP contribution >= 0.6 is 15.9 Å². The first-order valence-electron chi connectivity index (χ1n) is 10.1. The fourth-order valence-corrected chi connectivity index (χ4v) is 4.66. The average molecular weight is 466 g/mol. The van der Waals surface area contributed by atoms with Crippen LogP contribution in [0.25, 0.3) is 0 Å². The van der Waals surface area contributed by atoms with Crippen molar-refractivity contribution in [3.8, 4) is 5.75 Å². The maximum Gasteiger partial charge on any atom is 0.320 e. The fraction of sp³-hybridized carbons (Fsp3) is 0.240. The van der Waals surface area contributed by atoms with Crippen molar-refractivity contribution in [1.82, 2.24) is 4.90 Å². The van der Waals surface area contributed by atoms with Crippen LogP contribution < -0.4 is 4.74 Å². The Kier molecular flexibility index (Phi) is 6.50. The molecule has 30 heavy (non-hydrogen) atoms. The van der Waals surface area contributed by atoms with E-state index >= 15 is 0 Å². The molecular weight excluding hydrogens is 442 g/mol. The Morgan fingerprint density at radius 2 is 1.67 bits per heavy atom. The van der Waals surface area contributed by atoms with Crippen LogP contribution in [0.4, 0.5) is 0 Å². The van der Waals surface area contributed by atoms with Gasteiger partial charge in [0.2, 0.25) is 0 Å². The van der Waals surface area contributed by atoms with E-state index in [1.807, 2.05) is 72.8 Å². The van der Waals surface area contributed by atoms with Crippen molar-refractivity contribution in [2.75, 3.05) is 6.54 Å². The summed E-state index contributed by atoms with van der Waals surface area (Å²) in [4.78, 5) is 14.1. The molecule has 1 saturated heterocycles. The average Bonchev–Trinajstić information content (AvgIpc) is 3.25. The van der Waals surface area contributed by atoms with E-state index in [1.165, 1.54) is 0 Å². The number of para-hydroxylation sites is 1. The molecule has 1 aliphatic rings. The maximum atomic E-state index is 12.0. The summed E-state index contributed by atoms with van der Waals surface area (Å²) >= 11 is 3.68. The van der Waals surface area contributed by atoms with Crippen molar-refractivity contribution in [1.29, 1.82) is 0 Å². The minimum Gasteiger partial charge on any atom is -0.489 e. The molecule has 0 saturated carbocycles. The summed E-state index contributed by atoms with van der Waals surface area (Å²) < 4.78 is 7.19. The van der Waals surface area contributed by atoms with Gasteiger partial charge in [0.1, 0.15) is 18.4 Å². The largest absolute Gasteiger partial charge is 0.489 e. The summed E-state index contributed by atoms with van der Waals surface area (Å²) in [5, 5.41) is 9.83. The molecule has 5 heteroatoms. The number of hydrogen-bond acceptors (Lipinski definition) is 3. The normalized spacial score (nSPS) is 17.6. The first kappa shape index (κ1) is 20.6. The van der Waals surface area contributed by atoms with Crippen molar-refractivity contribution in [2.45, 2.75) is 31.5 Å². The molecule has 0 bridgehead atoms. The molecular formula is C25H24BrNO3. The molecule has 2 unspecified atom stereocenters. The van der Waals surface area contributed by atoms with Gasteiger partial charge in [-0.15, -0.1) is 0 Å². The molecule has 1 aliphatic heterocycles. The Hall–Kier alpha value is -2.63. The summed E-state index contributed by atoms with van der Waals surface area (Å²) in [5.74, 6) is 0.00498. The molecule has 3 aromatic rings. The molecule has 3 aromatic carbocycles. The molecule has 0 amide bonds. The van der Waals surface area contributed by atoms with Crippen LogP contribution in [0.5, 0.6) is 5.75 Å². The number of aliphatic carboxylic acids is 1. The fourth-order valence-electron chi connectivity index (χ4n) is 4.16. The number of carbonyl (C=O) groups is 1. The van der Waals surface area contributed by atoms with Crippen LogP contribution in [0.15, 0.2) is 83.3 Å². The molecule has 4 rings (SSSR count). The van der Waals surface area contributed by atoms with Crippen molar-refractivity contribution in [3.05, 3.63) is 100 Å². The molecule has 2 atom stereocenters. The van der Waals surface area contributed by atoms with Gasteiger partial charge in [0.25, 0.3) is 0 Å². The standard InChI is InChI=1S/C25H24BrNO3/c26-21-13-6-4-11-19(21)24(27-16-8-14-22(27)25(28)29)20-12-5-7-15-23(20)30-17-18-9-2-1-3-10-18/h1-7,9-13,15,22,24H,8,14,16-17H2,(H,28,29). The number of ether oxygens (including phenoxy) is 1. The maximum absolute atomic E-state index is 12.0. The molecule has 154 valence electrons. The number of hydrogen-bond donors (Lipinski definition) is 1. The van der Waals surface area contributed by atoms with E-state index in [-0.39, 0.29) is 6.04 Å². The van der Waals surface area contributed by atoms with E-state index in [2.05, 4.69) is 26.9 Å². The molecule has 1 N–H and O–H groups in total. The van der Waals surface area contributed by atoms with Gasteiger partial charge in [0.05, 0.1) is 6.04 Å². The minimum atomic E-state index is -0.771. The number of rotatable bonds is 7. The molecule has 0 radical (unpaired) electrons. The minimum absolute atomic E-state index is 0.212. The zero-order chi connectivity index (χ0) is 20.9. The lowest BCUT2D eigenvalue weighted by Gasteiger charge is -2.33. The predicted octanol–water partition coefficient (Wildman–Crippen LogP) is 5.67. The van der Waals surface area contributed by atoms with Crippen LogP contribution in [0.3, 0.4) is 0 Å². The highest BCUT2D eigenvalue weighted by Crippen LogP contribution is 2.41. The lowest BCUT2D eigenvalue weighted by atomic mass is 9.95. The Morgan fingerprint density at radius 3 is 2.40 bits per heavy atom. The molecule has 0 spiro atoms. The van der Waals surface area contributed by atoms with E-state index in [4.69, 9.17) is 4.74 Å². The highest BCUT2D eigenvalue weighted by atomic mass is 79.9. The Labute approximate surface area is 185 Å². The van der Waals surface area contributed by atoms with E-state index < -0.39 is 12.0 Å². The molecule has 0 aliphatic carbocycles. The second-order valence-corrected chi connectivity index (χ2v) is 8.32. The Bertz CT molecular complexity index is 1010. The number of likely N-dealkylation sites (tertiary alicyclic amines) is 1. The van der Waals surface area contributed by atoms with Crippen LogP contribution in [-0.2, 0) is 11.4 Å². The second kappa shape index (κ2) is 9.45. The molecule has 4 nitrogen and oxygen atoms in total. The third kappa shape index (κ3) is 4.42. The van der Waals surface area contributed by atoms with E-state index in [1.54, 1.807) is 0 Å². The zero-order valence-corrected chi connectivity index (χ0v) is 18.2. The Morgan fingerprint density at radius 1 is 1.00 bits per heavy atom. The van der Waals surface area contributed by atoms with Gasteiger partial charge in [-0.1, -0.05) is 82.7 Å². The van der Waals surface area contributed by atoms with Crippen molar-refractivity contribution < 1.29 is 14.6 Å². The van der Waals surface area contributed by atoms with E-state index in [9.17, 15) is 9.90 Å². The predicted molar refractivity (Wildman–Crippen MR) is 121 cm³/mol. The van der Waals surface area contributed by atoms with Gasteiger partial charge in [-0.3, -0.25) is 9.69 Å². The summed E-state index contributed by atoms with van der Waals surface area (Å²) in [7, 11) is 0. The summed E-state index contributed by atoms with van der Waals surface area (Å²) in [6.45, 7) is 1.19. The number of benzene rings is 3. The topological polar surface area (TPSA) is 49.8 Å². The number of halogens is 1. The number of nitrogens with zero attached hydrogens (tertiary/aromatic N) is 1. The van der Waals surface area contributed by atoms with Crippen molar-refractivity contribution >= 4 is 21.9 Å². The number of carboxylic acid groups (broad SMARTS) is 1. The third-order valence-electron chi connectivity index (χ3n) is 5.56. The Balaban J connectivity index is 1.74. The van der Waals surface area contributed by atoms with Gasteiger partial charge >= 0.3 is 5.97 Å². The van der Waals surface area contributed by atoms with E-state index in [0.29, 0.717) is 13.0 Å². The highest BCUT2D eigenvalue weighted by Gasteiger charge is 2.38. The first-order chi connectivity index (χ1) is 14.6. The third-order valence-corrected chi connectivity index (χ3v) is 6.28. The smallest absolute Gasteiger partial charge is 0.320 e. The molecule has 0 aromatic heterocycles. The zero-order valence-electron chi connectivity index (χ0n) is 16.6. The van der Waals surface area contributed by atoms with Gasteiger partial charge in [-0.2, -0.15) is 0 Å². The summed E-state index contributed by atoms with van der Waals surface area (Å²) in [6.07, 6.45) is 1.52. The van der Waals surface area contributed by atoms with Gasteiger partial charge < -0.3 is 9.84 Å². The molecule has 1 fully saturated rings. The SMILES string of the molecule is O=C(O)C1CCCN1C(c1ccccc1Br)c1ccccc1OCc1ccccc1. The van der Waals surface area contributed by atoms with Crippen molar-refractivity contribution in [2.24, 2.45) is 0 Å². The van der Waals surface area contributed by atoms with Crippen molar-refractivity contribution in [3.63, 3.8) is 0 Å². The summed E-state index contributed by atoms with van der Waals surface area (Å²) in [6, 6.07) is 25.3. The number of carboxylic acids is 1. The molecule has 1 heterocycles. The highest BCUT2D eigenvalue weighted by molar-refractivity contribution is 9.10. The lowest BCUT2D eigenvalue weighted by molar-refractivity contribution is -0.142. The van der Waals surface area contributed by atoms with E-state index in [0.717, 1.165) is 39.9 Å². The van der Waals surface area contributed by atoms with Crippen LogP contribution in [0.1, 0.15) is 35.6 Å². The lowest BCUT2D eigenvalue weighted by Crippen LogP contribution is -2.39. The summed E-state index contributed by atoms with van der Waals surface area (Å²) in [5.41, 5.74) is 3.12. The van der Waals surface area contributed by atoms with Crippen LogP contribution in [0.2, 0.25) is 0 Å².